The van der Waals surface area contributed by atoms with Gasteiger partial charge in [0.15, 0.2) is 0 Å². The van der Waals surface area contributed by atoms with Crippen molar-refractivity contribution >= 4 is 18.0 Å². The Kier molecular flexibility index (Phi) is 6.43. The second kappa shape index (κ2) is 9.18. The third kappa shape index (κ3) is 4.53. The normalized spacial score (nSPS) is 16.5. The Morgan fingerprint density at radius 3 is 2.72 bits per heavy atom. The van der Waals surface area contributed by atoms with Crippen molar-refractivity contribution in [2.75, 3.05) is 20.8 Å². The Hall–Kier alpha value is -3.43. The number of nitrogens with one attached hydrogen (secondary N) is 2. The molecule has 1 aliphatic rings. The largest absolute Gasteiger partial charge is 0.469 e. The summed E-state index contributed by atoms with van der Waals surface area (Å²) in [6.07, 6.45) is 5.57. The summed E-state index contributed by atoms with van der Waals surface area (Å²) >= 11 is 0. The molecule has 2 atom stereocenters. The zero-order chi connectivity index (χ0) is 20.8. The lowest BCUT2D eigenvalue weighted by molar-refractivity contribution is -0.144. The lowest BCUT2D eigenvalue weighted by Crippen LogP contribution is -2.51. The van der Waals surface area contributed by atoms with Gasteiger partial charge in [-0.15, -0.1) is 0 Å². The number of aromatic nitrogens is 3. The van der Waals surface area contributed by atoms with Crippen molar-refractivity contribution in [3.8, 4) is 0 Å². The second-order valence-electron chi connectivity index (χ2n) is 6.53. The Bertz CT molecular complexity index is 869. The summed E-state index contributed by atoms with van der Waals surface area (Å²) < 4.78 is 9.38. The highest BCUT2D eigenvalue weighted by molar-refractivity contribution is 5.84. The van der Waals surface area contributed by atoms with Gasteiger partial charge in [0, 0.05) is 37.5 Å². The lowest BCUT2D eigenvalue weighted by atomic mass is 9.97. The first-order valence-corrected chi connectivity index (χ1v) is 9.19. The molecule has 0 spiro atoms. The minimum absolute atomic E-state index is 0.0200. The number of fused-ring (bicyclic) bond motifs is 1. The monoisotopic (exact) mass is 401 g/mol. The average Bonchev–Trinajstić information content (AvgIpc) is 3.24. The number of hydrogen-bond acceptors (Lipinski definition) is 7. The maximum Gasteiger partial charge on any atom is 0.328 e. The number of pyridine rings is 1. The van der Waals surface area contributed by atoms with Crippen LogP contribution in [0, 0.1) is 0 Å². The fourth-order valence-electron chi connectivity index (χ4n) is 3.37. The van der Waals surface area contributed by atoms with Gasteiger partial charge in [-0.1, -0.05) is 0 Å². The highest BCUT2D eigenvalue weighted by atomic mass is 16.5. The lowest BCUT2D eigenvalue weighted by Gasteiger charge is -2.36. The molecule has 10 nitrogen and oxygen atoms in total. The topological polar surface area (TPSA) is 127 Å². The molecule has 10 heteroatoms. The molecule has 154 valence electrons. The highest BCUT2D eigenvalue weighted by Gasteiger charge is 2.35. The van der Waals surface area contributed by atoms with E-state index in [4.69, 9.17) is 4.74 Å². The minimum atomic E-state index is -0.967. The Morgan fingerprint density at radius 2 is 2.03 bits per heavy atom. The van der Waals surface area contributed by atoms with Gasteiger partial charge >= 0.3 is 18.0 Å². The molecule has 2 aromatic rings. The molecule has 3 rings (SSSR count). The average molecular weight is 401 g/mol. The first-order chi connectivity index (χ1) is 14.0. The molecule has 0 saturated carbocycles. The SMILES string of the molecule is COC(=O)CC[C@H](NC(=O)N1CCc2[nH]cnc2[C@@H]1c1ccncc1)C(=O)OC. The van der Waals surface area contributed by atoms with E-state index < -0.39 is 30.1 Å². The van der Waals surface area contributed by atoms with Crippen molar-refractivity contribution < 1.29 is 23.9 Å². The number of H-pyrrole nitrogens is 1. The number of aromatic amines is 1. The van der Waals surface area contributed by atoms with Gasteiger partial charge in [-0.2, -0.15) is 0 Å². The molecule has 0 aromatic carbocycles. The number of hydrogen-bond donors (Lipinski definition) is 2. The van der Waals surface area contributed by atoms with Gasteiger partial charge in [0.25, 0.3) is 0 Å². The summed E-state index contributed by atoms with van der Waals surface area (Å²) in [5.74, 6) is -1.10. The van der Waals surface area contributed by atoms with Gasteiger partial charge in [0.2, 0.25) is 0 Å². The van der Waals surface area contributed by atoms with Crippen molar-refractivity contribution in [3.05, 3.63) is 47.8 Å². The van der Waals surface area contributed by atoms with Crippen LogP contribution in [-0.2, 0) is 25.5 Å². The minimum Gasteiger partial charge on any atom is -0.469 e. The van der Waals surface area contributed by atoms with Crippen LogP contribution in [0.2, 0.25) is 0 Å². The predicted octanol–water partition coefficient (Wildman–Crippen LogP) is 0.957. The number of methoxy groups -OCH3 is 2. The van der Waals surface area contributed by atoms with Crippen LogP contribution >= 0.6 is 0 Å². The first kappa shape index (κ1) is 20.3. The summed E-state index contributed by atoms with van der Waals surface area (Å²) in [6.45, 7) is 0.429. The fraction of sp³-hybridized carbons (Fsp3) is 0.421. The number of carbonyl (C=O) groups is 3. The van der Waals surface area contributed by atoms with Gasteiger partial charge in [-0.3, -0.25) is 9.78 Å². The van der Waals surface area contributed by atoms with E-state index in [1.54, 1.807) is 23.6 Å². The van der Waals surface area contributed by atoms with Crippen LogP contribution in [0.25, 0.3) is 0 Å². The highest BCUT2D eigenvalue weighted by Crippen LogP contribution is 2.33. The third-order valence-electron chi connectivity index (χ3n) is 4.86. The maximum absolute atomic E-state index is 13.1. The molecule has 0 radical (unpaired) electrons. The summed E-state index contributed by atoms with van der Waals surface area (Å²) in [6, 6.07) is 1.81. The predicted molar refractivity (Wildman–Crippen MR) is 101 cm³/mol. The number of amides is 2. The molecule has 29 heavy (non-hydrogen) atoms. The molecule has 0 aliphatic carbocycles. The molecule has 1 aliphatic heterocycles. The van der Waals surface area contributed by atoms with Crippen LogP contribution in [0.15, 0.2) is 30.9 Å². The Balaban J connectivity index is 1.82. The number of carbonyl (C=O) groups excluding carboxylic acids is 3. The quantitative estimate of drug-likeness (QED) is 0.690. The molecule has 2 N–H and O–H groups in total. The summed E-state index contributed by atoms with van der Waals surface area (Å²) in [5, 5.41) is 2.69. The molecule has 2 aromatic heterocycles. The van der Waals surface area contributed by atoms with Crippen molar-refractivity contribution in [2.45, 2.75) is 31.3 Å². The van der Waals surface area contributed by atoms with Crippen molar-refractivity contribution in [3.63, 3.8) is 0 Å². The number of nitrogens with zero attached hydrogens (tertiary/aromatic N) is 3. The van der Waals surface area contributed by atoms with Crippen LogP contribution in [-0.4, -0.2) is 64.6 Å². The van der Waals surface area contributed by atoms with Gasteiger partial charge in [-0.05, 0) is 24.1 Å². The van der Waals surface area contributed by atoms with Crippen molar-refractivity contribution in [2.24, 2.45) is 0 Å². The summed E-state index contributed by atoms with van der Waals surface area (Å²) in [4.78, 5) is 49.8. The molecule has 0 fully saturated rings. The van der Waals surface area contributed by atoms with Crippen molar-refractivity contribution in [1.82, 2.24) is 25.2 Å². The van der Waals surface area contributed by atoms with Gasteiger partial charge < -0.3 is 24.7 Å². The van der Waals surface area contributed by atoms with Crippen LogP contribution < -0.4 is 5.32 Å². The molecule has 0 unspecified atom stereocenters. The first-order valence-electron chi connectivity index (χ1n) is 9.19. The van der Waals surface area contributed by atoms with Gasteiger partial charge in [0.05, 0.1) is 26.2 Å². The molecule has 3 heterocycles. The number of rotatable bonds is 6. The van der Waals surface area contributed by atoms with E-state index in [0.29, 0.717) is 13.0 Å². The second-order valence-corrected chi connectivity index (χ2v) is 6.53. The van der Waals surface area contributed by atoms with E-state index in [9.17, 15) is 14.4 Å². The van der Waals surface area contributed by atoms with Crippen LogP contribution in [0.3, 0.4) is 0 Å². The van der Waals surface area contributed by atoms with E-state index in [0.717, 1.165) is 17.0 Å². The van der Waals surface area contributed by atoms with Crippen LogP contribution in [0.5, 0.6) is 0 Å². The molecule has 0 bridgehead atoms. The van der Waals surface area contributed by atoms with E-state index in [1.165, 1.54) is 14.2 Å². The van der Waals surface area contributed by atoms with Crippen LogP contribution in [0.1, 0.15) is 35.8 Å². The standard InChI is InChI=1S/C19H23N5O5/c1-28-15(25)4-3-14(18(26)29-2)23-19(27)24-10-7-13-16(22-11-21-13)17(24)12-5-8-20-9-6-12/h5-6,8-9,11,14,17H,3-4,7,10H2,1-2H3,(H,21,22)(H,23,27)/t14-,17-/m0/s1. The zero-order valence-electron chi connectivity index (χ0n) is 16.3. The molecular formula is C19H23N5O5. The number of esters is 2. The fourth-order valence-corrected chi connectivity index (χ4v) is 3.37. The third-order valence-corrected chi connectivity index (χ3v) is 4.86. The maximum atomic E-state index is 13.1. The zero-order valence-corrected chi connectivity index (χ0v) is 16.3. The van der Waals surface area contributed by atoms with Gasteiger partial charge in [-0.25, -0.2) is 14.6 Å². The number of urea groups is 1. The van der Waals surface area contributed by atoms with E-state index >= 15 is 0 Å². The molecule has 0 saturated heterocycles. The Labute approximate surface area is 167 Å². The molecule has 2 amide bonds. The smallest absolute Gasteiger partial charge is 0.328 e. The Morgan fingerprint density at radius 1 is 1.28 bits per heavy atom. The van der Waals surface area contributed by atoms with E-state index in [-0.39, 0.29) is 12.8 Å². The van der Waals surface area contributed by atoms with Crippen LogP contribution in [0.4, 0.5) is 4.79 Å². The molecular weight excluding hydrogens is 378 g/mol. The summed E-state index contributed by atoms with van der Waals surface area (Å²) in [5.41, 5.74) is 2.57. The van der Waals surface area contributed by atoms with E-state index in [1.807, 2.05) is 12.1 Å². The van der Waals surface area contributed by atoms with E-state index in [2.05, 4.69) is 25.0 Å². The van der Waals surface area contributed by atoms with Gasteiger partial charge in [0.1, 0.15) is 12.1 Å². The summed E-state index contributed by atoms with van der Waals surface area (Å²) in [7, 11) is 2.50. The van der Waals surface area contributed by atoms with Crippen molar-refractivity contribution in [1.29, 1.82) is 0 Å². The number of imidazole rings is 1. The number of ether oxygens (including phenoxy) is 2.